The summed E-state index contributed by atoms with van der Waals surface area (Å²) in [5.74, 6) is -0.404. The maximum atomic E-state index is 11.9. The van der Waals surface area contributed by atoms with Crippen molar-refractivity contribution in [3.05, 3.63) is 30.3 Å². The number of sulfone groups is 1. The van der Waals surface area contributed by atoms with Crippen LogP contribution in [-0.2, 0) is 14.6 Å². The molecule has 18 heavy (non-hydrogen) atoms. The summed E-state index contributed by atoms with van der Waals surface area (Å²) in [5.41, 5.74) is 6.73. The SMILES string of the molecule is [NH]C(=O)CCCCCCS(=O)(=O)c1ccccc1. The number of hydrogen-bond acceptors (Lipinski definition) is 3. The van der Waals surface area contributed by atoms with Gasteiger partial charge in [-0.2, -0.15) is 0 Å². The summed E-state index contributed by atoms with van der Waals surface area (Å²) in [6.45, 7) is 0. The number of benzene rings is 1. The molecule has 0 saturated heterocycles. The van der Waals surface area contributed by atoms with Crippen LogP contribution in [0.2, 0.25) is 0 Å². The van der Waals surface area contributed by atoms with Gasteiger partial charge in [-0.3, -0.25) is 10.5 Å². The minimum atomic E-state index is -3.17. The molecule has 4 nitrogen and oxygen atoms in total. The van der Waals surface area contributed by atoms with Crippen molar-refractivity contribution in [2.75, 3.05) is 5.75 Å². The maximum absolute atomic E-state index is 11.9. The summed E-state index contributed by atoms with van der Waals surface area (Å²) in [5, 5.41) is 0. The summed E-state index contributed by atoms with van der Waals surface area (Å²) in [6, 6.07) is 8.43. The molecule has 1 aromatic rings. The summed E-state index contributed by atoms with van der Waals surface area (Å²) in [6.07, 6.45) is 3.12. The first-order valence-corrected chi connectivity index (χ1v) is 7.70. The van der Waals surface area contributed by atoms with Crippen molar-refractivity contribution in [1.29, 1.82) is 0 Å². The molecule has 99 valence electrons. The van der Waals surface area contributed by atoms with E-state index in [0.29, 0.717) is 17.7 Å². The van der Waals surface area contributed by atoms with Gasteiger partial charge in [0.05, 0.1) is 10.6 Å². The molecular weight excluding hydrogens is 250 g/mol. The fourth-order valence-corrected chi connectivity index (χ4v) is 3.07. The van der Waals surface area contributed by atoms with E-state index in [2.05, 4.69) is 0 Å². The highest BCUT2D eigenvalue weighted by atomic mass is 32.2. The van der Waals surface area contributed by atoms with Crippen LogP contribution in [0, 0.1) is 0 Å². The fraction of sp³-hybridized carbons (Fsp3) is 0.462. The van der Waals surface area contributed by atoms with Gasteiger partial charge >= 0.3 is 0 Å². The molecule has 0 spiro atoms. The Morgan fingerprint density at radius 3 is 2.22 bits per heavy atom. The highest BCUT2D eigenvalue weighted by Gasteiger charge is 2.12. The first-order chi connectivity index (χ1) is 8.52. The Hall–Kier alpha value is -1.36. The molecule has 0 fully saturated rings. The maximum Gasteiger partial charge on any atom is 0.238 e. The Balaban J connectivity index is 2.29. The van der Waals surface area contributed by atoms with Crippen molar-refractivity contribution >= 4 is 15.7 Å². The molecule has 0 unspecified atom stereocenters. The largest absolute Gasteiger partial charge is 0.273 e. The lowest BCUT2D eigenvalue weighted by molar-refractivity contribution is -0.118. The van der Waals surface area contributed by atoms with Gasteiger partial charge in [-0.15, -0.1) is 0 Å². The molecule has 0 heterocycles. The van der Waals surface area contributed by atoms with Crippen molar-refractivity contribution in [3.63, 3.8) is 0 Å². The molecule has 0 aromatic heterocycles. The van der Waals surface area contributed by atoms with Crippen LogP contribution in [0.25, 0.3) is 0 Å². The van der Waals surface area contributed by atoms with Crippen molar-refractivity contribution in [2.24, 2.45) is 0 Å². The Labute approximate surface area is 108 Å². The average Bonchev–Trinajstić information content (AvgIpc) is 2.34. The zero-order valence-electron chi connectivity index (χ0n) is 10.3. The predicted molar refractivity (Wildman–Crippen MR) is 69.7 cm³/mol. The first-order valence-electron chi connectivity index (χ1n) is 6.04. The van der Waals surface area contributed by atoms with E-state index in [1.54, 1.807) is 30.3 Å². The second kappa shape index (κ2) is 7.16. The molecule has 1 rings (SSSR count). The Kier molecular flexibility index (Phi) is 5.85. The molecule has 0 aliphatic heterocycles. The monoisotopic (exact) mass is 268 g/mol. The fourth-order valence-electron chi connectivity index (χ4n) is 1.68. The van der Waals surface area contributed by atoms with E-state index >= 15 is 0 Å². The zero-order valence-corrected chi connectivity index (χ0v) is 11.1. The van der Waals surface area contributed by atoms with Crippen LogP contribution in [0.3, 0.4) is 0 Å². The number of hydrogen-bond donors (Lipinski definition) is 0. The minimum Gasteiger partial charge on any atom is -0.273 e. The van der Waals surface area contributed by atoms with Gasteiger partial charge in [-0.1, -0.05) is 31.0 Å². The zero-order chi connectivity index (χ0) is 13.4. The third-order valence-corrected chi connectivity index (χ3v) is 4.49. The third-order valence-electron chi connectivity index (χ3n) is 2.67. The lowest BCUT2D eigenvalue weighted by Crippen LogP contribution is -2.06. The van der Waals surface area contributed by atoms with Crippen LogP contribution in [0.4, 0.5) is 0 Å². The number of nitrogens with one attached hydrogen (secondary N) is 1. The molecule has 1 amide bonds. The summed E-state index contributed by atoms with van der Waals surface area (Å²) < 4.78 is 23.8. The van der Waals surface area contributed by atoms with Crippen molar-refractivity contribution < 1.29 is 13.2 Å². The first kappa shape index (κ1) is 14.7. The van der Waals surface area contributed by atoms with Gasteiger partial charge in [-0.05, 0) is 25.0 Å². The molecular formula is C13H18NO3S. The van der Waals surface area contributed by atoms with Gasteiger partial charge < -0.3 is 0 Å². The van der Waals surface area contributed by atoms with Crippen LogP contribution in [0.5, 0.6) is 0 Å². The normalized spacial score (nSPS) is 11.3. The van der Waals surface area contributed by atoms with Crippen molar-refractivity contribution in [2.45, 2.75) is 37.0 Å². The van der Waals surface area contributed by atoms with Gasteiger partial charge in [0.1, 0.15) is 0 Å². The molecule has 0 aliphatic rings. The van der Waals surface area contributed by atoms with E-state index in [0.717, 1.165) is 12.8 Å². The smallest absolute Gasteiger partial charge is 0.238 e. The van der Waals surface area contributed by atoms with Crippen molar-refractivity contribution in [1.82, 2.24) is 5.73 Å². The van der Waals surface area contributed by atoms with E-state index in [9.17, 15) is 13.2 Å². The van der Waals surface area contributed by atoms with E-state index < -0.39 is 15.7 Å². The second-order valence-corrected chi connectivity index (χ2v) is 6.33. The van der Waals surface area contributed by atoms with Crippen molar-refractivity contribution in [3.8, 4) is 0 Å². The average molecular weight is 268 g/mol. The standard InChI is InChI=1S/C13H18NO3S/c14-13(15)10-6-1-2-7-11-18(16,17)12-8-4-3-5-9-12/h3-5,8-9,14H,1-2,6-7,10-11H2. The molecule has 0 saturated carbocycles. The number of carbonyl (C=O) groups is 1. The highest BCUT2D eigenvalue weighted by molar-refractivity contribution is 7.91. The van der Waals surface area contributed by atoms with Gasteiger partial charge in [0.2, 0.25) is 5.91 Å². The number of unbranched alkanes of at least 4 members (excludes halogenated alkanes) is 3. The van der Waals surface area contributed by atoms with Gasteiger partial charge in [0, 0.05) is 6.42 Å². The molecule has 5 heteroatoms. The summed E-state index contributed by atoms with van der Waals surface area (Å²) in [4.78, 5) is 10.8. The third kappa shape index (κ3) is 5.31. The molecule has 0 bridgehead atoms. The Morgan fingerprint density at radius 2 is 1.61 bits per heavy atom. The molecule has 1 N–H and O–H groups in total. The van der Waals surface area contributed by atoms with E-state index in [4.69, 9.17) is 5.73 Å². The predicted octanol–water partition coefficient (Wildman–Crippen LogP) is 2.22. The van der Waals surface area contributed by atoms with E-state index in [1.165, 1.54) is 0 Å². The van der Waals surface area contributed by atoms with Crippen LogP contribution in [-0.4, -0.2) is 20.1 Å². The van der Waals surface area contributed by atoms with Gasteiger partial charge in [0.15, 0.2) is 9.84 Å². The lowest BCUT2D eigenvalue weighted by atomic mass is 10.1. The second-order valence-electron chi connectivity index (χ2n) is 4.22. The summed E-state index contributed by atoms with van der Waals surface area (Å²) in [7, 11) is -3.17. The molecule has 1 radical (unpaired) electrons. The van der Waals surface area contributed by atoms with Crippen LogP contribution in [0.1, 0.15) is 32.1 Å². The topological polar surface area (TPSA) is 75.0 Å². The lowest BCUT2D eigenvalue weighted by Gasteiger charge is -2.04. The number of amides is 1. The summed E-state index contributed by atoms with van der Waals surface area (Å²) >= 11 is 0. The highest BCUT2D eigenvalue weighted by Crippen LogP contribution is 2.13. The quantitative estimate of drug-likeness (QED) is 0.678. The van der Waals surface area contributed by atoms with Crippen LogP contribution in [0.15, 0.2) is 35.2 Å². The van der Waals surface area contributed by atoms with Crippen LogP contribution >= 0.6 is 0 Å². The molecule has 1 aromatic carbocycles. The van der Waals surface area contributed by atoms with E-state index in [1.807, 2.05) is 0 Å². The minimum absolute atomic E-state index is 0.145. The Bertz CT molecular complexity index is 468. The van der Waals surface area contributed by atoms with Crippen LogP contribution < -0.4 is 5.73 Å². The Morgan fingerprint density at radius 1 is 1.00 bits per heavy atom. The van der Waals surface area contributed by atoms with Gasteiger partial charge in [-0.25, -0.2) is 8.42 Å². The molecule has 0 atom stereocenters. The van der Waals surface area contributed by atoms with E-state index in [-0.39, 0.29) is 12.2 Å². The van der Waals surface area contributed by atoms with Gasteiger partial charge in [0.25, 0.3) is 0 Å². The number of carbonyl (C=O) groups excluding carboxylic acids is 1. The number of rotatable bonds is 8. The molecule has 0 aliphatic carbocycles.